The number of amides is 1. The molecule has 22 heavy (non-hydrogen) atoms. The van der Waals surface area contributed by atoms with Crippen molar-refractivity contribution < 1.29 is 14.7 Å². The summed E-state index contributed by atoms with van der Waals surface area (Å²) in [7, 11) is 0. The van der Waals surface area contributed by atoms with Crippen molar-refractivity contribution >= 4 is 29.0 Å². The lowest BCUT2D eigenvalue weighted by atomic mass is 10.3. The van der Waals surface area contributed by atoms with Crippen LogP contribution in [-0.4, -0.2) is 58.0 Å². The predicted octanol–water partition coefficient (Wildman–Crippen LogP) is 1.20. The van der Waals surface area contributed by atoms with Crippen molar-refractivity contribution in [3.63, 3.8) is 0 Å². The molecule has 2 aromatic rings. The summed E-state index contributed by atoms with van der Waals surface area (Å²) >= 11 is 1.01. The van der Waals surface area contributed by atoms with Crippen molar-refractivity contribution in [2.75, 3.05) is 31.1 Å². The summed E-state index contributed by atoms with van der Waals surface area (Å²) in [5.74, 6) is -0.313. The van der Waals surface area contributed by atoms with Gasteiger partial charge < -0.3 is 14.9 Å². The van der Waals surface area contributed by atoms with Crippen LogP contribution in [0.25, 0.3) is 0 Å². The zero-order chi connectivity index (χ0) is 15.5. The van der Waals surface area contributed by atoms with Crippen molar-refractivity contribution in [2.45, 2.75) is 0 Å². The average molecular weight is 318 g/mol. The molecular formula is C14H14N4O3S. The molecular weight excluding hydrogens is 304 g/mol. The number of carbonyl (C=O) groups excluding carboxylic acids is 1. The number of hydrogen-bond acceptors (Lipinski definition) is 6. The Morgan fingerprint density at radius 3 is 2.41 bits per heavy atom. The standard InChI is InChI=1S/C14H14N4O3S/c19-13(10-1-2-11(22-10)14(20)21)18-7-5-17(6-8-18)12-9-15-3-4-16-12/h1-4,9H,5-8H2,(H,20,21). The van der Waals surface area contributed by atoms with Gasteiger partial charge in [-0.2, -0.15) is 0 Å². The van der Waals surface area contributed by atoms with Gasteiger partial charge in [0.15, 0.2) is 0 Å². The third-order valence-corrected chi connectivity index (χ3v) is 4.53. The van der Waals surface area contributed by atoms with E-state index in [1.54, 1.807) is 29.6 Å². The van der Waals surface area contributed by atoms with Crippen LogP contribution in [0.15, 0.2) is 30.7 Å². The van der Waals surface area contributed by atoms with Gasteiger partial charge >= 0.3 is 5.97 Å². The van der Waals surface area contributed by atoms with Crippen molar-refractivity contribution in [3.8, 4) is 0 Å². The van der Waals surface area contributed by atoms with Gasteiger partial charge in [-0.1, -0.05) is 0 Å². The Bertz CT molecular complexity index is 680. The van der Waals surface area contributed by atoms with E-state index in [1.807, 2.05) is 0 Å². The third kappa shape index (κ3) is 2.91. The molecule has 7 nitrogen and oxygen atoms in total. The third-order valence-electron chi connectivity index (χ3n) is 3.47. The summed E-state index contributed by atoms with van der Waals surface area (Å²) in [6.07, 6.45) is 4.97. The van der Waals surface area contributed by atoms with Gasteiger partial charge in [-0.25, -0.2) is 9.78 Å². The highest BCUT2D eigenvalue weighted by molar-refractivity contribution is 7.15. The van der Waals surface area contributed by atoms with Crippen LogP contribution in [0.3, 0.4) is 0 Å². The van der Waals surface area contributed by atoms with Crippen LogP contribution < -0.4 is 4.90 Å². The number of nitrogens with zero attached hydrogens (tertiary/aromatic N) is 4. The number of aromatic carboxylic acids is 1. The minimum absolute atomic E-state index is 0.115. The maximum Gasteiger partial charge on any atom is 0.345 e. The molecule has 0 saturated carbocycles. The number of carboxylic acid groups (broad SMARTS) is 1. The normalized spacial score (nSPS) is 14.9. The van der Waals surface area contributed by atoms with E-state index in [0.717, 1.165) is 17.2 Å². The van der Waals surface area contributed by atoms with Crippen molar-refractivity contribution in [1.29, 1.82) is 0 Å². The number of carboxylic acids is 1. The molecule has 3 rings (SSSR count). The summed E-state index contributed by atoms with van der Waals surface area (Å²) in [5, 5.41) is 8.92. The highest BCUT2D eigenvalue weighted by atomic mass is 32.1. The van der Waals surface area contributed by atoms with E-state index < -0.39 is 5.97 Å². The molecule has 2 aromatic heterocycles. The van der Waals surface area contributed by atoms with Gasteiger partial charge in [0.05, 0.1) is 11.1 Å². The second-order valence-electron chi connectivity index (χ2n) is 4.81. The molecule has 114 valence electrons. The first kappa shape index (κ1) is 14.5. The molecule has 1 saturated heterocycles. The molecule has 0 radical (unpaired) electrons. The Labute approximate surface area is 130 Å². The second kappa shape index (κ2) is 6.10. The van der Waals surface area contributed by atoms with Crippen LogP contribution in [0, 0.1) is 0 Å². The summed E-state index contributed by atoms with van der Waals surface area (Å²) in [4.78, 5) is 36.0. The predicted molar refractivity (Wildman–Crippen MR) is 81.4 cm³/mol. The van der Waals surface area contributed by atoms with Crippen LogP contribution in [-0.2, 0) is 0 Å². The smallest absolute Gasteiger partial charge is 0.345 e. The molecule has 1 amide bonds. The van der Waals surface area contributed by atoms with E-state index in [4.69, 9.17) is 5.11 Å². The molecule has 0 aromatic carbocycles. The number of anilines is 1. The molecule has 0 spiro atoms. The van der Waals surface area contributed by atoms with Gasteiger partial charge in [-0.3, -0.25) is 9.78 Å². The Morgan fingerprint density at radius 1 is 1.09 bits per heavy atom. The van der Waals surface area contributed by atoms with E-state index in [0.29, 0.717) is 31.1 Å². The first-order valence-electron chi connectivity index (χ1n) is 6.78. The number of thiophene rings is 1. The van der Waals surface area contributed by atoms with E-state index in [9.17, 15) is 9.59 Å². The summed E-state index contributed by atoms with van der Waals surface area (Å²) < 4.78 is 0. The Hall–Kier alpha value is -2.48. The van der Waals surface area contributed by atoms with Gasteiger partial charge in [-0.15, -0.1) is 11.3 Å². The molecule has 0 atom stereocenters. The van der Waals surface area contributed by atoms with Crippen LogP contribution in [0.4, 0.5) is 5.82 Å². The molecule has 1 N–H and O–H groups in total. The molecule has 0 bridgehead atoms. The molecule has 0 unspecified atom stereocenters. The van der Waals surface area contributed by atoms with Crippen molar-refractivity contribution in [2.24, 2.45) is 0 Å². The number of aromatic nitrogens is 2. The van der Waals surface area contributed by atoms with E-state index in [1.165, 1.54) is 6.07 Å². The lowest BCUT2D eigenvalue weighted by Crippen LogP contribution is -2.48. The molecule has 8 heteroatoms. The minimum Gasteiger partial charge on any atom is -0.477 e. The topological polar surface area (TPSA) is 86.6 Å². The number of carbonyl (C=O) groups is 2. The molecule has 0 aliphatic carbocycles. The van der Waals surface area contributed by atoms with Gasteiger partial charge in [0.25, 0.3) is 5.91 Å². The first-order valence-corrected chi connectivity index (χ1v) is 7.60. The Kier molecular flexibility index (Phi) is 4.01. The van der Waals surface area contributed by atoms with Crippen molar-refractivity contribution in [3.05, 3.63) is 40.5 Å². The van der Waals surface area contributed by atoms with E-state index in [2.05, 4.69) is 14.9 Å². The highest BCUT2D eigenvalue weighted by Gasteiger charge is 2.24. The average Bonchev–Trinajstić information content (AvgIpc) is 3.05. The quantitative estimate of drug-likeness (QED) is 0.915. The van der Waals surface area contributed by atoms with Crippen LogP contribution in [0.5, 0.6) is 0 Å². The molecule has 1 aliphatic heterocycles. The van der Waals surface area contributed by atoms with E-state index >= 15 is 0 Å². The maximum absolute atomic E-state index is 12.4. The molecule has 1 fully saturated rings. The summed E-state index contributed by atoms with van der Waals surface area (Å²) in [6, 6.07) is 3.04. The monoisotopic (exact) mass is 318 g/mol. The lowest BCUT2D eigenvalue weighted by Gasteiger charge is -2.35. The van der Waals surface area contributed by atoms with Gasteiger partial charge in [0.1, 0.15) is 10.7 Å². The lowest BCUT2D eigenvalue weighted by molar-refractivity contribution is 0.0701. The Balaban J connectivity index is 1.63. The fraction of sp³-hybridized carbons (Fsp3) is 0.286. The molecule has 1 aliphatic rings. The fourth-order valence-corrected chi connectivity index (χ4v) is 3.13. The zero-order valence-electron chi connectivity index (χ0n) is 11.7. The van der Waals surface area contributed by atoms with Gasteiger partial charge in [-0.05, 0) is 12.1 Å². The zero-order valence-corrected chi connectivity index (χ0v) is 12.5. The van der Waals surface area contributed by atoms with E-state index in [-0.39, 0.29) is 10.8 Å². The summed E-state index contributed by atoms with van der Waals surface area (Å²) in [5.41, 5.74) is 0. The van der Waals surface area contributed by atoms with Crippen molar-refractivity contribution in [1.82, 2.24) is 14.9 Å². The minimum atomic E-state index is -1.00. The van der Waals surface area contributed by atoms with Crippen LogP contribution in [0.1, 0.15) is 19.3 Å². The van der Waals surface area contributed by atoms with Gasteiger partial charge in [0.2, 0.25) is 0 Å². The maximum atomic E-state index is 12.4. The fourth-order valence-electron chi connectivity index (χ4n) is 2.32. The highest BCUT2D eigenvalue weighted by Crippen LogP contribution is 2.20. The number of hydrogen-bond donors (Lipinski definition) is 1. The molecule has 3 heterocycles. The van der Waals surface area contributed by atoms with Gasteiger partial charge in [0, 0.05) is 38.6 Å². The number of rotatable bonds is 3. The largest absolute Gasteiger partial charge is 0.477 e. The Morgan fingerprint density at radius 2 is 1.82 bits per heavy atom. The SMILES string of the molecule is O=C(O)c1ccc(C(=O)N2CCN(c3cnccn3)CC2)s1. The number of piperazine rings is 1. The van der Waals surface area contributed by atoms with Crippen LogP contribution >= 0.6 is 11.3 Å². The van der Waals surface area contributed by atoms with Crippen LogP contribution in [0.2, 0.25) is 0 Å². The summed E-state index contributed by atoms with van der Waals surface area (Å²) in [6.45, 7) is 2.52. The first-order chi connectivity index (χ1) is 10.6. The second-order valence-corrected chi connectivity index (χ2v) is 5.90.